The predicted molar refractivity (Wildman–Crippen MR) is 80.6 cm³/mol. The van der Waals surface area contributed by atoms with Gasteiger partial charge in [0.1, 0.15) is 6.04 Å². The van der Waals surface area contributed by atoms with Crippen LogP contribution in [0.15, 0.2) is 0 Å². The average Bonchev–Trinajstić information content (AvgIpc) is 2.54. The molecule has 2 aliphatic heterocycles. The molecule has 1 amide bonds. The fourth-order valence-corrected chi connectivity index (χ4v) is 4.13. The topological polar surface area (TPSA) is 70.1 Å². The summed E-state index contributed by atoms with van der Waals surface area (Å²) in [5.41, 5.74) is 0. The van der Waals surface area contributed by atoms with Gasteiger partial charge in [0.2, 0.25) is 5.91 Å². The molecule has 0 aromatic carbocycles. The second kappa shape index (κ2) is 6.96. The van der Waals surface area contributed by atoms with Crippen molar-refractivity contribution in [1.29, 1.82) is 0 Å². The van der Waals surface area contributed by atoms with E-state index >= 15 is 0 Å². The van der Waals surface area contributed by atoms with E-state index in [-0.39, 0.29) is 24.6 Å². The lowest BCUT2D eigenvalue weighted by Gasteiger charge is -2.44. The van der Waals surface area contributed by atoms with Gasteiger partial charge in [-0.25, -0.2) is 0 Å². The molecule has 3 atom stereocenters. The van der Waals surface area contributed by atoms with E-state index in [4.69, 9.17) is 4.74 Å². The molecule has 6 heteroatoms. The largest absolute Gasteiger partial charge is 0.480 e. The Labute approximate surface area is 131 Å². The lowest BCUT2D eigenvalue weighted by molar-refractivity contribution is -0.154. The highest BCUT2D eigenvalue weighted by Crippen LogP contribution is 2.29. The standard InChI is InChI=1S/C16H26N2O4/c19-15(11-17-8-4-3-6-13(17)16(20)21)18-9-10-22-14-7-2-1-5-12(14)18/h12-14H,1-11H2,(H,20,21). The van der Waals surface area contributed by atoms with E-state index in [1.165, 1.54) is 6.42 Å². The number of fused-ring (bicyclic) bond motifs is 1. The number of aliphatic carboxylic acids is 1. The SMILES string of the molecule is O=C(O)C1CCCCN1CC(=O)N1CCOC2CCCCC21. The van der Waals surface area contributed by atoms with Crippen LogP contribution in [0.5, 0.6) is 0 Å². The summed E-state index contributed by atoms with van der Waals surface area (Å²) in [6.45, 7) is 2.20. The summed E-state index contributed by atoms with van der Waals surface area (Å²) in [4.78, 5) is 27.9. The predicted octanol–water partition coefficient (Wildman–Crippen LogP) is 1.10. The number of amides is 1. The van der Waals surface area contributed by atoms with Gasteiger partial charge in [-0.05, 0) is 32.2 Å². The average molecular weight is 310 g/mol. The normalized spacial score (nSPS) is 33.3. The first kappa shape index (κ1) is 15.7. The molecule has 2 saturated heterocycles. The van der Waals surface area contributed by atoms with Gasteiger partial charge in [-0.1, -0.05) is 19.3 Å². The number of carbonyl (C=O) groups is 2. The van der Waals surface area contributed by atoms with Crippen LogP contribution in [0, 0.1) is 0 Å². The molecular weight excluding hydrogens is 284 g/mol. The number of ether oxygens (including phenoxy) is 1. The second-order valence-corrected chi connectivity index (χ2v) is 6.67. The summed E-state index contributed by atoms with van der Waals surface area (Å²) in [6.07, 6.45) is 7.12. The van der Waals surface area contributed by atoms with Crippen LogP contribution >= 0.6 is 0 Å². The molecule has 3 unspecified atom stereocenters. The number of carboxylic acid groups (broad SMARTS) is 1. The first-order chi connectivity index (χ1) is 10.7. The zero-order valence-electron chi connectivity index (χ0n) is 13.1. The number of piperidine rings is 1. The third kappa shape index (κ3) is 3.27. The maximum absolute atomic E-state index is 12.7. The van der Waals surface area contributed by atoms with Gasteiger partial charge >= 0.3 is 5.97 Å². The van der Waals surface area contributed by atoms with Crippen molar-refractivity contribution in [2.75, 3.05) is 26.2 Å². The van der Waals surface area contributed by atoms with Crippen molar-refractivity contribution in [1.82, 2.24) is 9.80 Å². The quantitative estimate of drug-likeness (QED) is 0.845. The van der Waals surface area contributed by atoms with Crippen molar-refractivity contribution in [2.24, 2.45) is 0 Å². The molecule has 0 aromatic rings. The van der Waals surface area contributed by atoms with Crippen molar-refractivity contribution in [3.8, 4) is 0 Å². The molecule has 0 radical (unpaired) electrons. The molecule has 3 fully saturated rings. The number of carbonyl (C=O) groups excluding carboxylic acids is 1. The van der Waals surface area contributed by atoms with E-state index < -0.39 is 12.0 Å². The summed E-state index contributed by atoms with van der Waals surface area (Å²) >= 11 is 0. The Bertz CT molecular complexity index is 426. The number of morpholine rings is 1. The zero-order valence-corrected chi connectivity index (χ0v) is 13.1. The van der Waals surface area contributed by atoms with Crippen LogP contribution in [0.3, 0.4) is 0 Å². The molecule has 3 rings (SSSR count). The molecule has 22 heavy (non-hydrogen) atoms. The first-order valence-corrected chi connectivity index (χ1v) is 8.55. The van der Waals surface area contributed by atoms with E-state index in [2.05, 4.69) is 0 Å². The fraction of sp³-hybridized carbons (Fsp3) is 0.875. The number of nitrogens with zero attached hydrogens (tertiary/aromatic N) is 2. The minimum absolute atomic E-state index is 0.0772. The first-order valence-electron chi connectivity index (χ1n) is 8.55. The Hall–Kier alpha value is -1.14. The summed E-state index contributed by atoms with van der Waals surface area (Å²) in [7, 11) is 0. The van der Waals surface area contributed by atoms with Crippen molar-refractivity contribution < 1.29 is 19.4 Å². The van der Waals surface area contributed by atoms with E-state index in [9.17, 15) is 14.7 Å². The number of carboxylic acids is 1. The Balaban J connectivity index is 1.63. The summed E-state index contributed by atoms with van der Waals surface area (Å²) in [5, 5.41) is 9.33. The summed E-state index contributed by atoms with van der Waals surface area (Å²) in [5.74, 6) is -0.724. The van der Waals surface area contributed by atoms with Crippen LogP contribution in [0.25, 0.3) is 0 Å². The van der Waals surface area contributed by atoms with Crippen molar-refractivity contribution >= 4 is 11.9 Å². The molecule has 1 saturated carbocycles. The van der Waals surface area contributed by atoms with Gasteiger partial charge in [0.05, 0.1) is 25.3 Å². The molecule has 0 bridgehead atoms. The van der Waals surface area contributed by atoms with E-state index in [0.29, 0.717) is 26.1 Å². The lowest BCUT2D eigenvalue weighted by Crippen LogP contribution is -2.58. The van der Waals surface area contributed by atoms with Gasteiger partial charge in [0, 0.05) is 6.54 Å². The number of likely N-dealkylation sites (tertiary alicyclic amines) is 1. The number of hydrogen-bond donors (Lipinski definition) is 1. The van der Waals surface area contributed by atoms with Crippen LogP contribution in [-0.4, -0.2) is 71.2 Å². The molecule has 0 aromatic heterocycles. The lowest BCUT2D eigenvalue weighted by atomic mass is 9.90. The molecule has 1 N–H and O–H groups in total. The monoisotopic (exact) mass is 310 g/mol. The maximum atomic E-state index is 12.7. The van der Waals surface area contributed by atoms with E-state index in [1.807, 2.05) is 9.80 Å². The number of rotatable bonds is 3. The van der Waals surface area contributed by atoms with E-state index in [1.54, 1.807) is 0 Å². The Morgan fingerprint density at radius 3 is 2.64 bits per heavy atom. The molecule has 0 spiro atoms. The van der Waals surface area contributed by atoms with E-state index in [0.717, 1.165) is 32.1 Å². The highest BCUT2D eigenvalue weighted by atomic mass is 16.5. The van der Waals surface area contributed by atoms with Crippen LogP contribution < -0.4 is 0 Å². The van der Waals surface area contributed by atoms with Gasteiger partial charge in [-0.3, -0.25) is 14.5 Å². The number of hydrogen-bond acceptors (Lipinski definition) is 4. The third-order valence-electron chi connectivity index (χ3n) is 5.29. The van der Waals surface area contributed by atoms with Crippen molar-refractivity contribution in [2.45, 2.75) is 63.1 Å². The Morgan fingerprint density at radius 2 is 1.82 bits per heavy atom. The van der Waals surface area contributed by atoms with Gasteiger partial charge in [0.15, 0.2) is 0 Å². The van der Waals surface area contributed by atoms with Crippen molar-refractivity contribution in [3.63, 3.8) is 0 Å². The van der Waals surface area contributed by atoms with Gasteiger partial charge < -0.3 is 14.7 Å². The van der Waals surface area contributed by atoms with Gasteiger partial charge in [-0.2, -0.15) is 0 Å². The minimum Gasteiger partial charge on any atom is -0.480 e. The van der Waals surface area contributed by atoms with Crippen LogP contribution in [0.2, 0.25) is 0 Å². The summed E-state index contributed by atoms with van der Waals surface area (Å²) in [6, 6.07) is -0.302. The Morgan fingerprint density at radius 1 is 1.05 bits per heavy atom. The third-order valence-corrected chi connectivity index (χ3v) is 5.29. The van der Waals surface area contributed by atoms with Crippen LogP contribution in [-0.2, 0) is 14.3 Å². The highest BCUT2D eigenvalue weighted by Gasteiger charge is 2.38. The Kier molecular flexibility index (Phi) is 4.98. The molecule has 3 aliphatic rings. The van der Waals surface area contributed by atoms with Gasteiger partial charge in [-0.15, -0.1) is 0 Å². The van der Waals surface area contributed by atoms with Crippen molar-refractivity contribution in [3.05, 3.63) is 0 Å². The molecule has 1 aliphatic carbocycles. The van der Waals surface area contributed by atoms with Crippen LogP contribution in [0.4, 0.5) is 0 Å². The van der Waals surface area contributed by atoms with Gasteiger partial charge in [0.25, 0.3) is 0 Å². The zero-order chi connectivity index (χ0) is 15.5. The smallest absolute Gasteiger partial charge is 0.320 e. The second-order valence-electron chi connectivity index (χ2n) is 6.67. The molecular formula is C16H26N2O4. The fourth-order valence-electron chi connectivity index (χ4n) is 4.13. The molecule has 124 valence electrons. The molecule has 6 nitrogen and oxygen atoms in total. The minimum atomic E-state index is -0.801. The highest BCUT2D eigenvalue weighted by molar-refractivity contribution is 5.80. The molecule has 2 heterocycles. The van der Waals surface area contributed by atoms with Crippen LogP contribution in [0.1, 0.15) is 44.9 Å². The summed E-state index contributed by atoms with van der Waals surface area (Å²) < 4.78 is 5.81. The maximum Gasteiger partial charge on any atom is 0.320 e.